The number of nitrogens with one attached hydrogen (secondary N) is 1. The first-order valence-electron chi connectivity index (χ1n) is 9.52. The van der Waals surface area contributed by atoms with E-state index < -0.39 is 0 Å². The van der Waals surface area contributed by atoms with E-state index in [9.17, 15) is 4.79 Å². The smallest absolute Gasteiger partial charge is 0.317 e. The molecule has 6 nitrogen and oxygen atoms in total. The Kier molecular flexibility index (Phi) is 6.66. The summed E-state index contributed by atoms with van der Waals surface area (Å²) in [5.74, 6) is 0. The quantitative estimate of drug-likeness (QED) is 0.829. The van der Waals surface area contributed by atoms with Gasteiger partial charge in [0.1, 0.15) is 0 Å². The van der Waals surface area contributed by atoms with Crippen molar-refractivity contribution in [3.05, 3.63) is 54.6 Å². The van der Waals surface area contributed by atoms with Gasteiger partial charge in [-0.2, -0.15) is 0 Å². The summed E-state index contributed by atoms with van der Waals surface area (Å²) >= 11 is 0. The van der Waals surface area contributed by atoms with E-state index in [1.54, 1.807) is 12.5 Å². The Bertz CT molecular complexity index is 650. The van der Waals surface area contributed by atoms with Gasteiger partial charge in [-0.3, -0.25) is 4.90 Å². The second-order valence-electron chi connectivity index (χ2n) is 6.88. The summed E-state index contributed by atoms with van der Waals surface area (Å²) in [5.41, 5.74) is 1.37. The van der Waals surface area contributed by atoms with Crippen molar-refractivity contribution >= 4 is 6.03 Å². The molecule has 2 amide bonds. The van der Waals surface area contributed by atoms with Gasteiger partial charge in [-0.15, -0.1) is 0 Å². The molecule has 26 heavy (non-hydrogen) atoms. The molecule has 1 atom stereocenters. The van der Waals surface area contributed by atoms with Crippen LogP contribution in [-0.2, 0) is 13.0 Å². The fourth-order valence-corrected chi connectivity index (χ4v) is 3.30. The Balaban J connectivity index is 1.40. The van der Waals surface area contributed by atoms with Crippen LogP contribution in [0.15, 0.2) is 49.1 Å². The Morgan fingerprint density at radius 2 is 1.96 bits per heavy atom. The van der Waals surface area contributed by atoms with E-state index in [1.807, 2.05) is 15.7 Å². The average Bonchev–Trinajstić information content (AvgIpc) is 3.20. The van der Waals surface area contributed by atoms with Gasteiger partial charge >= 0.3 is 6.03 Å². The first-order chi connectivity index (χ1) is 12.7. The van der Waals surface area contributed by atoms with Gasteiger partial charge in [0.15, 0.2) is 0 Å². The number of carbonyl (C=O) groups excluding carboxylic acids is 1. The minimum atomic E-state index is 0.0553. The maximum atomic E-state index is 12.6. The van der Waals surface area contributed by atoms with Crippen LogP contribution in [0, 0.1) is 0 Å². The number of aromatic nitrogens is 2. The predicted molar refractivity (Wildman–Crippen MR) is 103 cm³/mol. The van der Waals surface area contributed by atoms with Crippen molar-refractivity contribution in [1.29, 1.82) is 0 Å². The highest BCUT2D eigenvalue weighted by molar-refractivity contribution is 5.74. The van der Waals surface area contributed by atoms with Crippen molar-refractivity contribution in [3.63, 3.8) is 0 Å². The Hall–Kier alpha value is -2.34. The highest BCUT2D eigenvalue weighted by Crippen LogP contribution is 2.07. The van der Waals surface area contributed by atoms with Crippen molar-refractivity contribution in [3.8, 4) is 0 Å². The van der Waals surface area contributed by atoms with Crippen LogP contribution >= 0.6 is 0 Å². The number of carbonyl (C=O) groups is 1. The molecule has 1 aromatic carbocycles. The van der Waals surface area contributed by atoms with E-state index in [4.69, 9.17) is 0 Å². The third kappa shape index (κ3) is 5.33. The molecule has 1 unspecified atom stereocenters. The Labute approximate surface area is 155 Å². The highest BCUT2D eigenvalue weighted by Gasteiger charge is 2.22. The molecule has 2 aromatic rings. The lowest BCUT2D eigenvalue weighted by atomic mass is 10.1. The van der Waals surface area contributed by atoms with Crippen LogP contribution in [0.4, 0.5) is 4.79 Å². The van der Waals surface area contributed by atoms with Crippen LogP contribution in [0.25, 0.3) is 0 Å². The lowest BCUT2D eigenvalue weighted by Gasteiger charge is -2.35. The molecule has 0 aliphatic carbocycles. The topological polar surface area (TPSA) is 53.4 Å². The number of benzene rings is 1. The summed E-state index contributed by atoms with van der Waals surface area (Å²) in [6.45, 7) is 7.39. The van der Waals surface area contributed by atoms with Gasteiger partial charge in [0, 0.05) is 57.7 Å². The number of amides is 2. The molecular formula is C20H29N5O. The lowest BCUT2D eigenvalue weighted by molar-refractivity contribution is 0.137. The van der Waals surface area contributed by atoms with Crippen molar-refractivity contribution in [1.82, 2.24) is 24.7 Å². The van der Waals surface area contributed by atoms with Gasteiger partial charge in [-0.05, 0) is 18.4 Å². The molecule has 0 radical (unpaired) electrons. The van der Waals surface area contributed by atoms with Gasteiger partial charge in [0.25, 0.3) is 0 Å². The number of rotatable bonds is 7. The van der Waals surface area contributed by atoms with E-state index >= 15 is 0 Å². The minimum Gasteiger partial charge on any atom is -0.335 e. The van der Waals surface area contributed by atoms with Crippen LogP contribution in [0.5, 0.6) is 0 Å². The van der Waals surface area contributed by atoms with E-state index in [-0.39, 0.29) is 12.1 Å². The van der Waals surface area contributed by atoms with Gasteiger partial charge in [0.2, 0.25) is 0 Å². The standard InChI is InChI=1S/C20H29N5O/c1-2-19(16-24-11-9-21-17-24)22-20(26)25-14-12-23(13-15-25)10-8-18-6-4-3-5-7-18/h3-7,9,11,17,19H,2,8,10,12-16H2,1H3,(H,22,26). The first kappa shape index (κ1) is 18.5. The monoisotopic (exact) mass is 355 g/mol. The van der Waals surface area contributed by atoms with Gasteiger partial charge in [-0.1, -0.05) is 37.3 Å². The SMILES string of the molecule is CCC(Cn1ccnc1)NC(=O)N1CCN(CCc2ccccc2)CC1. The molecular weight excluding hydrogens is 326 g/mol. The van der Waals surface area contributed by atoms with Gasteiger partial charge in [-0.25, -0.2) is 9.78 Å². The third-order valence-electron chi connectivity index (χ3n) is 5.03. The van der Waals surface area contributed by atoms with E-state index in [0.29, 0.717) is 0 Å². The highest BCUT2D eigenvalue weighted by atomic mass is 16.2. The average molecular weight is 355 g/mol. The Morgan fingerprint density at radius 1 is 1.19 bits per heavy atom. The minimum absolute atomic E-state index is 0.0553. The molecule has 1 aliphatic heterocycles. The molecule has 0 bridgehead atoms. The van der Waals surface area contributed by atoms with Crippen molar-refractivity contribution in [2.45, 2.75) is 32.4 Å². The van der Waals surface area contributed by atoms with Gasteiger partial charge < -0.3 is 14.8 Å². The zero-order valence-electron chi connectivity index (χ0n) is 15.6. The fraction of sp³-hybridized carbons (Fsp3) is 0.500. The molecule has 1 fully saturated rings. The normalized spacial score (nSPS) is 16.4. The summed E-state index contributed by atoms with van der Waals surface area (Å²) in [6, 6.07) is 10.8. The molecule has 1 saturated heterocycles. The third-order valence-corrected chi connectivity index (χ3v) is 5.03. The summed E-state index contributed by atoms with van der Waals surface area (Å²) in [7, 11) is 0. The number of piperazine rings is 1. The number of hydrogen-bond acceptors (Lipinski definition) is 3. The molecule has 2 heterocycles. The summed E-state index contributed by atoms with van der Waals surface area (Å²) in [4.78, 5) is 21.0. The largest absolute Gasteiger partial charge is 0.335 e. The van der Waals surface area contributed by atoms with Crippen molar-refractivity contribution < 1.29 is 4.79 Å². The zero-order chi connectivity index (χ0) is 18.2. The molecule has 3 rings (SSSR count). The van der Waals surface area contributed by atoms with Gasteiger partial charge in [0.05, 0.1) is 6.33 Å². The fourth-order valence-electron chi connectivity index (χ4n) is 3.30. The van der Waals surface area contributed by atoms with Crippen LogP contribution < -0.4 is 5.32 Å². The summed E-state index contributed by atoms with van der Waals surface area (Å²) < 4.78 is 2.01. The molecule has 140 valence electrons. The second kappa shape index (κ2) is 9.38. The molecule has 1 aromatic heterocycles. The zero-order valence-corrected chi connectivity index (χ0v) is 15.6. The van der Waals surface area contributed by atoms with E-state index in [2.05, 4.69) is 52.5 Å². The van der Waals surface area contributed by atoms with Crippen LogP contribution in [0.3, 0.4) is 0 Å². The number of imidazole rings is 1. The maximum Gasteiger partial charge on any atom is 0.317 e. The molecule has 0 saturated carbocycles. The number of nitrogens with zero attached hydrogens (tertiary/aromatic N) is 4. The second-order valence-corrected chi connectivity index (χ2v) is 6.88. The van der Waals surface area contributed by atoms with Crippen LogP contribution in [0.2, 0.25) is 0 Å². The summed E-state index contributed by atoms with van der Waals surface area (Å²) in [6.07, 6.45) is 7.46. The predicted octanol–water partition coefficient (Wildman–Crippen LogP) is 2.23. The van der Waals surface area contributed by atoms with E-state index in [1.165, 1.54) is 5.56 Å². The number of hydrogen-bond donors (Lipinski definition) is 1. The van der Waals surface area contributed by atoms with E-state index in [0.717, 1.165) is 52.1 Å². The molecule has 1 aliphatic rings. The Morgan fingerprint density at radius 3 is 2.62 bits per heavy atom. The lowest BCUT2D eigenvalue weighted by Crippen LogP contribution is -2.54. The molecule has 6 heteroatoms. The maximum absolute atomic E-state index is 12.6. The van der Waals surface area contributed by atoms with Crippen LogP contribution in [-0.4, -0.2) is 64.1 Å². The number of urea groups is 1. The molecule has 0 spiro atoms. The van der Waals surface area contributed by atoms with Crippen molar-refractivity contribution in [2.75, 3.05) is 32.7 Å². The molecule has 1 N–H and O–H groups in total. The van der Waals surface area contributed by atoms with Crippen LogP contribution in [0.1, 0.15) is 18.9 Å². The summed E-state index contributed by atoms with van der Waals surface area (Å²) in [5, 5.41) is 3.17. The first-order valence-corrected chi connectivity index (χ1v) is 9.52. The van der Waals surface area contributed by atoms with Crippen molar-refractivity contribution in [2.24, 2.45) is 0 Å².